The van der Waals surface area contributed by atoms with Gasteiger partial charge >= 0.3 is 0 Å². The molecule has 2 N–H and O–H groups in total. The summed E-state index contributed by atoms with van der Waals surface area (Å²) in [5.41, 5.74) is 3.11. The molecule has 3 aromatic rings. The van der Waals surface area contributed by atoms with Gasteiger partial charge in [0.05, 0.1) is 16.8 Å². The molecule has 36 heavy (non-hydrogen) atoms. The number of benzene rings is 1. The Morgan fingerprint density at radius 2 is 2.03 bits per heavy atom. The summed E-state index contributed by atoms with van der Waals surface area (Å²) in [6, 6.07) is 11.3. The van der Waals surface area contributed by atoms with E-state index < -0.39 is 5.91 Å². The van der Waals surface area contributed by atoms with Gasteiger partial charge in [-0.15, -0.1) is 0 Å². The molecule has 4 heterocycles. The Morgan fingerprint density at radius 1 is 1.17 bits per heavy atom. The zero-order chi connectivity index (χ0) is 24.9. The number of piperidine rings is 1. The molecular weight excluding hydrogens is 479 g/mol. The summed E-state index contributed by atoms with van der Waals surface area (Å²) < 4.78 is 14.1. The Hall–Kier alpha value is -3.63. The molecule has 5 rings (SSSR count). The van der Waals surface area contributed by atoms with Crippen LogP contribution in [0.1, 0.15) is 24.1 Å². The van der Waals surface area contributed by atoms with Crippen molar-refractivity contribution in [3.8, 4) is 11.1 Å². The van der Waals surface area contributed by atoms with Crippen molar-refractivity contribution >= 4 is 34.9 Å². The number of pyridine rings is 1. The monoisotopic (exact) mass is 504 g/mol. The van der Waals surface area contributed by atoms with Crippen molar-refractivity contribution in [2.75, 3.05) is 24.5 Å². The first-order chi connectivity index (χ1) is 17.5. The molecule has 8 nitrogen and oxygen atoms in total. The summed E-state index contributed by atoms with van der Waals surface area (Å²) in [6.45, 7) is 3.30. The first-order valence-electron chi connectivity index (χ1n) is 11.8. The molecule has 2 aromatic heterocycles. The van der Waals surface area contributed by atoms with E-state index in [1.807, 2.05) is 24.3 Å². The van der Waals surface area contributed by atoms with Crippen LogP contribution in [-0.2, 0) is 11.3 Å². The molecule has 0 aliphatic carbocycles. The van der Waals surface area contributed by atoms with E-state index >= 15 is 0 Å². The molecule has 0 radical (unpaired) electrons. The summed E-state index contributed by atoms with van der Waals surface area (Å²) in [6.07, 6.45) is 8.15. The predicted octanol–water partition coefficient (Wildman–Crippen LogP) is 4.01. The minimum absolute atomic E-state index is 0.321. The van der Waals surface area contributed by atoms with E-state index in [1.54, 1.807) is 30.6 Å². The lowest BCUT2D eigenvalue weighted by atomic mass is 9.97. The van der Waals surface area contributed by atoms with Crippen LogP contribution < -0.4 is 15.5 Å². The number of thioether (sulfide) groups is 1. The molecule has 2 saturated heterocycles. The number of amides is 2. The third-order valence-electron chi connectivity index (χ3n) is 6.26. The van der Waals surface area contributed by atoms with Gasteiger partial charge < -0.3 is 10.2 Å². The van der Waals surface area contributed by atoms with E-state index in [9.17, 15) is 14.0 Å². The van der Waals surface area contributed by atoms with E-state index in [2.05, 4.69) is 30.5 Å². The van der Waals surface area contributed by atoms with Crippen LogP contribution in [0.3, 0.4) is 0 Å². The van der Waals surface area contributed by atoms with Gasteiger partial charge in [0.2, 0.25) is 5.95 Å². The van der Waals surface area contributed by atoms with E-state index in [-0.39, 0.29) is 11.1 Å². The molecule has 1 aromatic carbocycles. The molecule has 0 atom stereocenters. The number of anilines is 1. The number of carbonyl (C=O) groups is 2. The summed E-state index contributed by atoms with van der Waals surface area (Å²) in [4.78, 5) is 38.4. The van der Waals surface area contributed by atoms with Gasteiger partial charge in [-0.2, -0.15) is 0 Å². The van der Waals surface area contributed by atoms with E-state index in [0.29, 0.717) is 34.6 Å². The van der Waals surface area contributed by atoms with Crippen LogP contribution in [0.4, 0.5) is 15.1 Å². The number of hydrogen-bond donors (Lipinski definition) is 2. The fraction of sp³-hybridized carbons (Fsp3) is 0.269. The van der Waals surface area contributed by atoms with Gasteiger partial charge in [0.15, 0.2) is 0 Å². The highest BCUT2D eigenvalue weighted by Crippen LogP contribution is 2.26. The van der Waals surface area contributed by atoms with E-state index in [4.69, 9.17) is 0 Å². The van der Waals surface area contributed by atoms with Crippen molar-refractivity contribution in [1.29, 1.82) is 0 Å². The van der Waals surface area contributed by atoms with Crippen LogP contribution >= 0.6 is 11.8 Å². The lowest BCUT2D eigenvalue weighted by Crippen LogP contribution is -2.38. The zero-order valence-electron chi connectivity index (χ0n) is 19.5. The highest BCUT2D eigenvalue weighted by molar-refractivity contribution is 8.18. The minimum atomic E-state index is -0.394. The first-order valence-corrected chi connectivity index (χ1v) is 12.6. The smallest absolute Gasteiger partial charge is 0.290 e. The minimum Gasteiger partial charge on any atom is -0.341 e. The molecule has 2 amide bonds. The van der Waals surface area contributed by atoms with Crippen LogP contribution in [0.2, 0.25) is 0 Å². The summed E-state index contributed by atoms with van der Waals surface area (Å²) in [5, 5.41) is 5.43. The van der Waals surface area contributed by atoms with E-state index in [1.165, 1.54) is 6.20 Å². The van der Waals surface area contributed by atoms with Gasteiger partial charge in [-0.3, -0.25) is 19.9 Å². The molecule has 0 unspecified atom stereocenters. The Bertz CT molecular complexity index is 1310. The highest BCUT2D eigenvalue weighted by atomic mass is 32.2. The molecule has 0 spiro atoms. The number of hydrogen-bond acceptors (Lipinski definition) is 8. The number of carbonyl (C=O) groups excluding carboxylic acids is 2. The average molecular weight is 505 g/mol. The lowest BCUT2D eigenvalue weighted by molar-refractivity contribution is -0.115. The van der Waals surface area contributed by atoms with Crippen molar-refractivity contribution in [3.63, 3.8) is 0 Å². The van der Waals surface area contributed by atoms with Crippen LogP contribution in [-0.4, -0.2) is 45.7 Å². The number of rotatable bonds is 7. The molecule has 0 bridgehead atoms. The van der Waals surface area contributed by atoms with Crippen LogP contribution in [0.25, 0.3) is 17.2 Å². The molecule has 10 heteroatoms. The molecular formula is C26H25FN6O2S. The maximum atomic E-state index is 14.1. The van der Waals surface area contributed by atoms with Crippen molar-refractivity contribution in [2.45, 2.75) is 19.4 Å². The standard InChI is InChI=1S/C26H25FN6O2S/c27-22-16-28-8-5-21(22)19-3-1-2-18(12-19)15-29-14-17-6-10-33(11-7-17)25-30-9-4-20(31-25)13-23-24(34)32-26(35)36-23/h1-5,8-9,12-13,16-17,29H,6-7,10-11,14-15H2,(H,32,34,35). The van der Waals surface area contributed by atoms with E-state index in [0.717, 1.165) is 55.4 Å². The van der Waals surface area contributed by atoms with Gasteiger partial charge in [-0.1, -0.05) is 18.2 Å². The maximum absolute atomic E-state index is 14.1. The maximum Gasteiger partial charge on any atom is 0.290 e. The number of halogens is 1. The number of imide groups is 1. The van der Waals surface area contributed by atoms with Crippen LogP contribution in [0.5, 0.6) is 0 Å². The third-order valence-corrected chi connectivity index (χ3v) is 7.07. The molecule has 2 fully saturated rings. The summed E-state index contributed by atoms with van der Waals surface area (Å²) in [7, 11) is 0. The topological polar surface area (TPSA) is 100 Å². The van der Waals surface area contributed by atoms with Crippen LogP contribution in [0, 0.1) is 11.7 Å². The molecule has 2 aliphatic rings. The van der Waals surface area contributed by atoms with Gasteiger partial charge in [-0.25, -0.2) is 14.4 Å². The van der Waals surface area contributed by atoms with Gasteiger partial charge in [-0.05, 0) is 72.5 Å². The molecule has 184 valence electrons. The summed E-state index contributed by atoms with van der Waals surface area (Å²) in [5.74, 6) is 0.455. The van der Waals surface area contributed by atoms with Crippen molar-refractivity contribution < 1.29 is 14.0 Å². The third kappa shape index (κ3) is 5.77. The fourth-order valence-corrected chi connectivity index (χ4v) is 5.03. The Balaban J connectivity index is 1.12. The predicted molar refractivity (Wildman–Crippen MR) is 137 cm³/mol. The Morgan fingerprint density at radius 3 is 2.81 bits per heavy atom. The van der Waals surface area contributed by atoms with Gasteiger partial charge in [0, 0.05) is 37.6 Å². The second-order valence-corrected chi connectivity index (χ2v) is 9.77. The average Bonchev–Trinajstić information content (AvgIpc) is 3.21. The lowest BCUT2D eigenvalue weighted by Gasteiger charge is -2.32. The van der Waals surface area contributed by atoms with Crippen molar-refractivity contribution in [2.24, 2.45) is 5.92 Å². The normalized spacial score (nSPS) is 17.6. The Labute approximate surface area is 212 Å². The van der Waals surface area contributed by atoms with Gasteiger partial charge in [0.1, 0.15) is 5.82 Å². The summed E-state index contributed by atoms with van der Waals surface area (Å²) >= 11 is 0.878. The quantitative estimate of drug-likeness (QED) is 0.466. The van der Waals surface area contributed by atoms with Crippen LogP contribution in [0.15, 0.2) is 59.9 Å². The SMILES string of the molecule is O=C1NC(=O)C(=Cc2ccnc(N3CCC(CNCc4cccc(-c5ccncc5F)c4)CC3)n2)S1. The molecule has 0 saturated carbocycles. The number of aromatic nitrogens is 3. The zero-order valence-corrected chi connectivity index (χ0v) is 20.3. The second-order valence-electron chi connectivity index (χ2n) is 8.75. The van der Waals surface area contributed by atoms with Crippen molar-refractivity contribution in [3.05, 3.63) is 77.0 Å². The van der Waals surface area contributed by atoms with Gasteiger partial charge in [0.25, 0.3) is 11.1 Å². The van der Waals surface area contributed by atoms with Crippen molar-refractivity contribution in [1.82, 2.24) is 25.6 Å². The molecule has 2 aliphatic heterocycles. The second kappa shape index (κ2) is 11.0. The number of nitrogens with zero attached hydrogens (tertiary/aromatic N) is 4. The first kappa shape index (κ1) is 24.1. The number of nitrogens with one attached hydrogen (secondary N) is 2. The highest BCUT2D eigenvalue weighted by Gasteiger charge is 2.25. The largest absolute Gasteiger partial charge is 0.341 e. The fourth-order valence-electron chi connectivity index (χ4n) is 4.37. The Kier molecular flexibility index (Phi) is 7.33.